The maximum Gasteiger partial charge on any atom is 0.419 e. The largest absolute Gasteiger partial charge is 0.450 e. The smallest absolute Gasteiger partial charge is 0.419 e. The van der Waals surface area contributed by atoms with E-state index in [1.165, 1.54) is 11.0 Å². The molecule has 0 bridgehead atoms. The molecule has 1 aliphatic rings. The number of ether oxygens (including phenoxy) is 2. The molecule has 180 valence electrons. The van der Waals surface area contributed by atoms with E-state index in [2.05, 4.69) is 5.32 Å². The number of nitrogens with zero attached hydrogens (tertiary/aromatic N) is 1. The SMILES string of the molecule is CCOC(=O)N(CC(C)(C)NC(=O)OC(C)(C)C)C1(c2ccc(F)c(C(F)(F)F)c2)CC1. The average molecular weight is 462 g/mol. The van der Waals surface area contributed by atoms with Crippen LogP contribution in [-0.2, 0) is 21.2 Å². The number of halogens is 4. The molecule has 0 aliphatic heterocycles. The third-order valence-corrected chi connectivity index (χ3v) is 4.93. The Bertz CT molecular complexity index is 858. The van der Waals surface area contributed by atoms with Gasteiger partial charge in [-0.25, -0.2) is 14.0 Å². The molecule has 0 atom stereocenters. The minimum Gasteiger partial charge on any atom is -0.450 e. The molecule has 2 rings (SSSR count). The van der Waals surface area contributed by atoms with Gasteiger partial charge in [-0.05, 0) is 72.1 Å². The highest BCUT2D eigenvalue weighted by Crippen LogP contribution is 2.52. The summed E-state index contributed by atoms with van der Waals surface area (Å²) in [5.41, 5.74) is -4.06. The van der Waals surface area contributed by atoms with E-state index >= 15 is 0 Å². The second kappa shape index (κ2) is 8.78. The Morgan fingerprint density at radius 2 is 1.72 bits per heavy atom. The number of carbonyl (C=O) groups excluding carboxylic acids is 2. The molecular formula is C22H30F4N2O4. The predicted octanol–water partition coefficient (Wildman–Crippen LogP) is 5.60. The zero-order valence-electron chi connectivity index (χ0n) is 19.2. The lowest BCUT2D eigenvalue weighted by atomic mass is 9.97. The van der Waals surface area contributed by atoms with Gasteiger partial charge in [-0.1, -0.05) is 6.07 Å². The van der Waals surface area contributed by atoms with Crippen LogP contribution in [0.2, 0.25) is 0 Å². The van der Waals surface area contributed by atoms with Crippen LogP contribution in [0.4, 0.5) is 27.2 Å². The van der Waals surface area contributed by atoms with E-state index in [1.807, 2.05) is 0 Å². The fraction of sp³-hybridized carbons (Fsp3) is 0.636. The Morgan fingerprint density at radius 1 is 1.12 bits per heavy atom. The number of alkyl carbamates (subject to hydrolysis) is 1. The second-order valence-electron chi connectivity index (χ2n) is 9.52. The zero-order chi connectivity index (χ0) is 24.5. The fourth-order valence-corrected chi connectivity index (χ4v) is 3.47. The minimum absolute atomic E-state index is 0.0581. The summed E-state index contributed by atoms with van der Waals surface area (Å²) in [5, 5.41) is 2.69. The van der Waals surface area contributed by atoms with Crippen LogP contribution in [0.25, 0.3) is 0 Å². The highest BCUT2D eigenvalue weighted by Gasteiger charge is 2.54. The molecule has 0 radical (unpaired) electrons. The highest BCUT2D eigenvalue weighted by molar-refractivity contribution is 5.71. The minimum atomic E-state index is -4.87. The van der Waals surface area contributed by atoms with Crippen LogP contribution in [0, 0.1) is 5.82 Å². The lowest BCUT2D eigenvalue weighted by Gasteiger charge is -2.38. The van der Waals surface area contributed by atoms with E-state index in [4.69, 9.17) is 9.47 Å². The molecule has 32 heavy (non-hydrogen) atoms. The first-order valence-electron chi connectivity index (χ1n) is 10.3. The molecule has 6 nitrogen and oxygen atoms in total. The van der Waals surface area contributed by atoms with Gasteiger partial charge in [0, 0.05) is 6.54 Å². The zero-order valence-corrected chi connectivity index (χ0v) is 19.2. The molecule has 0 aromatic heterocycles. The summed E-state index contributed by atoms with van der Waals surface area (Å²) >= 11 is 0. The van der Waals surface area contributed by atoms with Gasteiger partial charge in [0.1, 0.15) is 11.4 Å². The van der Waals surface area contributed by atoms with Gasteiger partial charge >= 0.3 is 18.4 Å². The number of rotatable bonds is 6. The summed E-state index contributed by atoms with van der Waals surface area (Å²) in [6.45, 7) is 10.0. The quantitative estimate of drug-likeness (QED) is 0.559. The maximum absolute atomic E-state index is 13.8. The number of carbonyl (C=O) groups is 2. The molecule has 10 heteroatoms. The van der Waals surface area contributed by atoms with E-state index in [0.717, 1.165) is 12.1 Å². The van der Waals surface area contributed by atoms with Gasteiger partial charge in [0.25, 0.3) is 0 Å². The Morgan fingerprint density at radius 3 is 2.19 bits per heavy atom. The number of alkyl halides is 3. The van der Waals surface area contributed by atoms with E-state index in [1.54, 1.807) is 41.5 Å². The highest BCUT2D eigenvalue weighted by atomic mass is 19.4. The van der Waals surface area contributed by atoms with Crippen LogP contribution in [0.3, 0.4) is 0 Å². The predicted molar refractivity (Wildman–Crippen MR) is 109 cm³/mol. The number of nitrogens with one attached hydrogen (secondary N) is 1. The van der Waals surface area contributed by atoms with Crippen molar-refractivity contribution in [1.82, 2.24) is 10.2 Å². The number of hydrogen-bond donors (Lipinski definition) is 1. The van der Waals surface area contributed by atoms with E-state index in [-0.39, 0.29) is 18.7 Å². The normalized spacial score (nSPS) is 15.7. The Kier molecular flexibility index (Phi) is 7.07. The van der Waals surface area contributed by atoms with Crippen LogP contribution in [0.1, 0.15) is 65.5 Å². The molecule has 0 unspecified atom stereocenters. The molecule has 0 heterocycles. The maximum atomic E-state index is 13.8. The van der Waals surface area contributed by atoms with Gasteiger partial charge in [-0.15, -0.1) is 0 Å². The summed E-state index contributed by atoms with van der Waals surface area (Å²) in [7, 11) is 0. The van der Waals surface area contributed by atoms with Crippen molar-refractivity contribution in [3.63, 3.8) is 0 Å². The standard InChI is InChI=1S/C22H30F4N2O4/c1-7-31-18(30)28(13-20(5,6)27-17(29)32-19(2,3)4)21(10-11-21)14-8-9-16(23)15(12-14)22(24,25)26/h8-9,12H,7,10-11,13H2,1-6H3,(H,27,29). The lowest BCUT2D eigenvalue weighted by Crippen LogP contribution is -2.56. The van der Waals surface area contributed by atoms with Crippen molar-refractivity contribution >= 4 is 12.2 Å². The van der Waals surface area contributed by atoms with Crippen molar-refractivity contribution in [3.8, 4) is 0 Å². The summed E-state index contributed by atoms with van der Waals surface area (Å²) in [4.78, 5) is 26.4. The molecule has 0 saturated heterocycles. The second-order valence-corrected chi connectivity index (χ2v) is 9.52. The lowest BCUT2D eigenvalue weighted by molar-refractivity contribution is -0.140. The fourth-order valence-electron chi connectivity index (χ4n) is 3.47. The topological polar surface area (TPSA) is 67.9 Å². The monoisotopic (exact) mass is 462 g/mol. The Balaban J connectivity index is 2.37. The summed E-state index contributed by atoms with van der Waals surface area (Å²) < 4.78 is 64.0. The van der Waals surface area contributed by atoms with Gasteiger partial charge in [0.05, 0.1) is 23.2 Å². The molecule has 1 fully saturated rings. The summed E-state index contributed by atoms with van der Waals surface area (Å²) in [6, 6.07) is 2.74. The van der Waals surface area contributed by atoms with Crippen molar-refractivity contribution in [2.45, 2.75) is 77.2 Å². The Labute approximate surface area is 185 Å². The van der Waals surface area contributed by atoms with E-state index in [9.17, 15) is 27.2 Å². The first-order valence-corrected chi connectivity index (χ1v) is 10.3. The van der Waals surface area contributed by atoms with E-state index in [0.29, 0.717) is 12.8 Å². The number of benzene rings is 1. The third kappa shape index (κ3) is 6.26. The number of hydrogen-bond acceptors (Lipinski definition) is 4. The van der Waals surface area contributed by atoms with Crippen LogP contribution in [0.5, 0.6) is 0 Å². The van der Waals surface area contributed by atoms with Crippen LogP contribution < -0.4 is 5.32 Å². The molecule has 0 spiro atoms. The van der Waals surface area contributed by atoms with Crippen molar-refractivity contribution in [2.24, 2.45) is 0 Å². The molecule has 1 aromatic carbocycles. The molecule has 2 amide bonds. The van der Waals surface area contributed by atoms with Crippen molar-refractivity contribution < 1.29 is 36.6 Å². The number of amides is 2. The van der Waals surface area contributed by atoms with Gasteiger partial charge in [0.2, 0.25) is 0 Å². The average Bonchev–Trinajstić information content (AvgIpc) is 3.38. The first-order chi connectivity index (χ1) is 14.5. The molecule has 1 saturated carbocycles. The van der Waals surface area contributed by atoms with E-state index < -0.39 is 46.4 Å². The molecular weight excluding hydrogens is 432 g/mol. The van der Waals surface area contributed by atoms with Crippen molar-refractivity contribution in [3.05, 3.63) is 35.1 Å². The van der Waals surface area contributed by atoms with Gasteiger partial charge in [-0.2, -0.15) is 13.2 Å². The Hall–Kier alpha value is -2.52. The third-order valence-electron chi connectivity index (χ3n) is 4.93. The van der Waals surface area contributed by atoms with Crippen molar-refractivity contribution in [1.29, 1.82) is 0 Å². The van der Waals surface area contributed by atoms with Gasteiger partial charge in [-0.3, -0.25) is 4.90 Å². The van der Waals surface area contributed by atoms with Crippen LogP contribution >= 0.6 is 0 Å². The van der Waals surface area contributed by atoms with Crippen LogP contribution in [0.15, 0.2) is 18.2 Å². The molecule has 1 aromatic rings. The van der Waals surface area contributed by atoms with Gasteiger partial charge in [0.15, 0.2) is 0 Å². The molecule has 1 aliphatic carbocycles. The first kappa shape index (κ1) is 25.7. The van der Waals surface area contributed by atoms with Crippen molar-refractivity contribution in [2.75, 3.05) is 13.2 Å². The molecule has 1 N–H and O–H groups in total. The summed E-state index contributed by atoms with van der Waals surface area (Å²) in [5.74, 6) is -1.38. The van der Waals surface area contributed by atoms with Gasteiger partial charge < -0.3 is 14.8 Å². The summed E-state index contributed by atoms with van der Waals surface area (Å²) in [6.07, 6.45) is -5.56. The van der Waals surface area contributed by atoms with Crippen LogP contribution in [-0.4, -0.2) is 41.4 Å².